The summed E-state index contributed by atoms with van der Waals surface area (Å²) in [5.74, 6) is 1.17. The standard InChI is InChI=1S/C25H22FNO2/c1-28-23-11-8-20(16-27-13-12-17-4-2-3-5-19(17)15-27)22-14-24(29-25(22)23)18-6-9-21(26)10-7-18/h2-11,14H,12-13,15-16H2,1H3. The van der Waals surface area contributed by atoms with Crippen molar-refractivity contribution in [2.24, 2.45) is 0 Å². The lowest BCUT2D eigenvalue weighted by molar-refractivity contribution is 0.246. The van der Waals surface area contributed by atoms with Crippen molar-refractivity contribution in [3.8, 4) is 17.1 Å². The predicted octanol–water partition coefficient (Wildman–Crippen LogP) is 5.81. The molecule has 0 bridgehead atoms. The van der Waals surface area contributed by atoms with Gasteiger partial charge in [-0.2, -0.15) is 0 Å². The van der Waals surface area contributed by atoms with Gasteiger partial charge in [-0.1, -0.05) is 30.3 Å². The summed E-state index contributed by atoms with van der Waals surface area (Å²) in [5, 5.41) is 1.04. The lowest BCUT2D eigenvalue weighted by atomic mass is 9.99. The Morgan fingerprint density at radius 1 is 1.00 bits per heavy atom. The Labute approximate surface area is 169 Å². The fourth-order valence-electron chi connectivity index (χ4n) is 4.14. The van der Waals surface area contributed by atoms with E-state index in [9.17, 15) is 4.39 Å². The molecule has 1 aromatic heterocycles. The van der Waals surface area contributed by atoms with Crippen LogP contribution in [0.2, 0.25) is 0 Å². The molecule has 0 aliphatic carbocycles. The third kappa shape index (κ3) is 3.40. The summed E-state index contributed by atoms with van der Waals surface area (Å²) in [4.78, 5) is 2.47. The second kappa shape index (κ2) is 7.37. The largest absolute Gasteiger partial charge is 0.493 e. The molecule has 29 heavy (non-hydrogen) atoms. The minimum absolute atomic E-state index is 0.256. The first-order valence-corrected chi connectivity index (χ1v) is 9.86. The van der Waals surface area contributed by atoms with Gasteiger partial charge in [-0.25, -0.2) is 4.39 Å². The number of fused-ring (bicyclic) bond motifs is 2. The molecule has 146 valence electrons. The molecule has 0 amide bonds. The van der Waals surface area contributed by atoms with E-state index in [1.807, 2.05) is 12.1 Å². The first-order chi connectivity index (χ1) is 14.2. The van der Waals surface area contributed by atoms with Crippen LogP contribution in [0.15, 0.2) is 71.1 Å². The number of methoxy groups -OCH3 is 1. The molecule has 0 saturated heterocycles. The summed E-state index contributed by atoms with van der Waals surface area (Å²) in [6.07, 6.45) is 1.07. The summed E-state index contributed by atoms with van der Waals surface area (Å²) < 4.78 is 25.0. The molecule has 4 heteroatoms. The molecule has 0 saturated carbocycles. The van der Waals surface area contributed by atoms with Crippen LogP contribution in [0.1, 0.15) is 16.7 Å². The van der Waals surface area contributed by atoms with Crippen molar-refractivity contribution < 1.29 is 13.5 Å². The van der Waals surface area contributed by atoms with Crippen LogP contribution < -0.4 is 4.74 Å². The average Bonchev–Trinajstić information content (AvgIpc) is 3.20. The molecule has 1 aliphatic rings. The van der Waals surface area contributed by atoms with E-state index in [4.69, 9.17) is 9.15 Å². The van der Waals surface area contributed by atoms with Gasteiger partial charge in [-0.3, -0.25) is 4.90 Å². The van der Waals surface area contributed by atoms with E-state index in [2.05, 4.69) is 35.2 Å². The van der Waals surface area contributed by atoms with Gasteiger partial charge in [0.05, 0.1) is 7.11 Å². The molecule has 2 heterocycles. The maximum absolute atomic E-state index is 13.3. The topological polar surface area (TPSA) is 25.6 Å². The number of nitrogens with zero attached hydrogens (tertiary/aromatic N) is 1. The predicted molar refractivity (Wildman–Crippen MR) is 112 cm³/mol. The summed E-state index contributed by atoms with van der Waals surface area (Å²) in [6, 6.07) is 21.2. The second-order valence-electron chi connectivity index (χ2n) is 7.52. The smallest absolute Gasteiger partial charge is 0.176 e. The van der Waals surface area contributed by atoms with Crippen LogP contribution in [0.5, 0.6) is 5.75 Å². The van der Waals surface area contributed by atoms with Crippen molar-refractivity contribution in [3.63, 3.8) is 0 Å². The van der Waals surface area contributed by atoms with E-state index in [1.165, 1.54) is 28.8 Å². The van der Waals surface area contributed by atoms with Gasteiger partial charge >= 0.3 is 0 Å². The number of furan rings is 1. The van der Waals surface area contributed by atoms with Gasteiger partial charge < -0.3 is 9.15 Å². The van der Waals surface area contributed by atoms with Gasteiger partial charge in [0, 0.05) is 30.6 Å². The molecule has 5 rings (SSSR count). The van der Waals surface area contributed by atoms with E-state index < -0.39 is 0 Å². The maximum Gasteiger partial charge on any atom is 0.176 e. The minimum atomic E-state index is -0.256. The van der Waals surface area contributed by atoms with Crippen LogP contribution in [0.4, 0.5) is 4.39 Å². The summed E-state index contributed by atoms with van der Waals surface area (Å²) in [6.45, 7) is 2.83. The molecule has 0 radical (unpaired) electrons. The molecule has 3 nitrogen and oxygen atoms in total. The summed E-state index contributed by atoms with van der Waals surface area (Å²) in [5.41, 5.74) is 5.65. The van der Waals surface area contributed by atoms with Crippen LogP contribution >= 0.6 is 0 Å². The quantitative estimate of drug-likeness (QED) is 0.442. The molecule has 0 fully saturated rings. The van der Waals surface area contributed by atoms with Crippen molar-refractivity contribution in [2.45, 2.75) is 19.5 Å². The van der Waals surface area contributed by atoms with Gasteiger partial charge in [0.15, 0.2) is 11.3 Å². The van der Waals surface area contributed by atoms with E-state index >= 15 is 0 Å². The molecule has 0 unspecified atom stereocenters. The Bertz CT molecular complexity index is 1160. The third-order valence-corrected chi connectivity index (χ3v) is 5.69. The zero-order valence-corrected chi connectivity index (χ0v) is 16.3. The fraction of sp³-hybridized carbons (Fsp3) is 0.200. The molecule has 1 aliphatic heterocycles. The van der Waals surface area contributed by atoms with Crippen molar-refractivity contribution in [3.05, 3.63) is 89.2 Å². The Balaban J connectivity index is 1.50. The van der Waals surface area contributed by atoms with Crippen molar-refractivity contribution >= 4 is 11.0 Å². The first-order valence-electron chi connectivity index (χ1n) is 9.86. The van der Waals surface area contributed by atoms with Crippen LogP contribution in [-0.4, -0.2) is 18.6 Å². The summed E-state index contributed by atoms with van der Waals surface area (Å²) >= 11 is 0. The monoisotopic (exact) mass is 387 g/mol. The molecular formula is C25H22FNO2. The van der Waals surface area contributed by atoms with Crippen molar-refractivity contribution in [1.29, 1.82) is 0 Å². The van der Waals surface area contributed by atoms with Gasteiger partial charge in [-0.05, 0) is 59.5 Å². The van der Waals surface area contributed by atoms with Crippen LogP contribution in [0.25, 0.3) is 22.3 Å². The summed E-state index contributed by atoms with van der Waals surface area (Å²) in [7, 11) is 1.65. The normalized spacial score (nSPS) is 14.1. The van der Waals surface area contributed by atoms with E-state index in [-0.39, 0.29) is 5.82 Å². The zero-order chi connectivity index (χ0) is 19.8. The Hall–Kier alpha value is -3.11. The van der Waals surface area contributed by atoms with E-state index in [0.29, 0.717) is 5.75 Å². The Kier molecular flexibility index (Phi) is 4.57. The highest BCUT2D eigenvalue weighted by atomic mass is 19.1. The second-order valence-corrected chi connectivity index (χ2v) is 7.52. The molecule has 3 aromatic carbocycles. The Morgan fingerprint density at radius 3 is 2.59 bits per heavy atom. The van der Waals surface area contributed by atoms with Gasteiger partial charge in [0.1, 0.15) is 11.6 Å². The Morgan fingerprint density at radius 2 is 1.79 bits per heavy atom. The molecular weight excluding hydrogens is 365 g/mol. The SMILES string of the molecule is COc1ccc(CN2CCc3ccccc3C2)c2cc(-c3ccc(F)cc3)oc12. The van der Waals surface area contributed by atoms with Gasteiger partial charge in [0.25, 0.3) is 0 Å². The number of hydrogen-bond donors (Lipinski definition) is 0. The third-order valence-electron chi connectivity index (χ3n) is 5.69. The highest BCUT2D eigenvalue weighted by molar-refractivity contribution is 5.90. The van der Waals surface area contributed by atoms with Crippen molar-refractivity contribution in [1.82, 2.24) is 4.90 Å². The van der Waals surface area contributed by atoms with Crippen molar-refractivity contribution in [2.75, 3.05) is 13.7 Å². The highest BCUT2D eigenvalue weighted by Gasteiger charge is 2.19. The molecule has 0 N–H and O–H groups in total. The number of halogens is 1. The lowest BCUT2D eigenvalue weighted by Gasteiger charge is -2.29. The number of ether oxygens (including phenoxy) is 1. The number of rotatable bonds is 4. The van der Waals surface area contributed by atoms with Gasteiger partial charge in [0.2, 0.25) is 0 Å². The average molecular weight is 387 g/mol. The molecule has 0 atom stereocenters. The van der Waals surface area contributed by atoms with E-state index in [1.54, 1.807) is 19.2 Å². The molecule has 4 aromatic rings. The maximum atomic E-state index is 13.3. The fourth-order valence-corrected chi connectivity index (χ4v) is 4.14. The zero-order valence-electron chi connectivity index (χ0n) is 16.3. The number of hydrogen-bond acceptors (Lipinski definition) is 3. The number of benzene rings is 3. The van der Waals surface area contributed by atoms with Crippen LogP contribution in [0, 0.1) is 5.82 Å². The lowest BCUT2D eigenvalue weighted by Crippen LogP contribution is -2.30. The van der Waals surface area contributed by atoms with Crippen LogP contribution in [0.3, 0.4) is 0 Å². The first kappa shape index (κ1) is 18.0. The molecule has 0 spiro atoms. The van der Waals surface area contributed by atoms with E-state index in [0.717, 1.165) is 48.3 Å². The van der Waals surface area contributed by atoms with Gasteiger partial charge in [-0.15, -0.1) is 0 Å². The minimum Gasteiger partial charge on any atom is -0.493 e. The highest BCUT2D eigenvalue weighted by Crippen LogP contribution is 2.36. The van der Waals surface area contributed by atoms with Crippen LogP contribution in [-0.2, 0) is 19.5 Å².